The lowest BCUT2D eigenvalue weighted by molar-refractivity contribution is 0.298. The van der Waals surface area contributed by atoms with Gasteiger partial charge in [-0.2, -0.15) is 0 Å². The second-order valence-corrected chi connectivity index (χ2v) is 7.75. The van der Waals surface area contributed by atoms with Gasteiger partial charge in [-0.05, 0) is 18.8 Å². The molecule has 96 valence electrons. The van der Waals surface area contributed by atoms with E-state index in [1.807, 2.05) is 5.38 Å². The van der Waals surface area contributed by atoms with Gasteiger partial charge in [-0.15, -0.1) is 11.3 Å². The lowest BCUT2D eigenvalue weighted by Crippen LogP contribution is -2.24. The highest BCUT2D eigenvalue weighted by Gasteiger charge is 2.24. The van der Waals surface area contributed by atoms with Crippen LogP contribution in [0.25, 0.3) is 0 Å². The van der Waals surface area contributed by atoms with Gasteiger partial charge in [0.2, 0.25) is 0 Å². The summed E-state index contributed by atoms with van der Waals surface area (Å²) < 4.78 is 22.6. The second kappa shape index (κ2) is 5.46. The van der Waals surface area contributed by atoms with Gasteiger partial charge in [0.15, 0.2) is 0 Å². The third kappa shape index (κ3) is 3.76. The van der Waals surface area contributed by atoms with Crippen LogP contribution in [0, 0.1) is 5.92 Å². The monoisotopic (exact) mass is 275 g/mol. The van der Waals surface area contributed by atoms with Crippen LogP contribution in [0.1, 0.15) is 23.5 Å². The van der Waals surface area contributed by atoms with Crippen molar-refractivity contribution in [2.75, 3.05) is 18.1 Å². The number of sulfone groups is 1. The van der Waals surface area contributed by atoms with Gasteiger partial charge in [0, 0.05) is 24.8 Å². The topological polar surface area (TPSA) is 67.3 Å². The molecule has 0 radical (unpaired) electrons. The number of aromatic nitrogens is 1. The molecule has 1 aromatic rings. The molecule has 1 N–H and O–H groups in total. The predicted octanol–water partition coefficient (Wildman–Crippen LogP) is 1.05. The van der Waals surface area contributed by atoms with E-state index in [1.54, 1.807) is 11.3 Å². The van der Waals surface area contributed by atoms with Crippen LogP contribution >= 0.6 is 11.3 Å². The zero-order valence-electron chi connectivity index (χ0n) is 9.63. The van der Waals surface area contributed by atoms with Crippen molar-refractivity contribution in [1.29, 1.82) is 0 Å². The molecule has 1 fully saturated rings. The van der Waals surface area contributed by atoms with Crippen molar-refractivity contribution in [2.24, 2.45) is 5.92 Å². The van der Waals surface area contributed by atoms with E-state index in [-0.39, 0.29) is 6.61 Å². The van der Waals surface area contributed by atoms with Crippen molar-refractivity contribution in [3.05, 3.63) is 16.1 Å². The van der Waals surface area contributed by atoms with Gasteiger partial charge in [-0.25, -0.2) is 13.4 Å². The molecule has 0 amide bonds. The number of aliphatic hydroxyl groups excluding tert-OH is 1. The zero-order valence-corrected chi connectivity index (χ0v) is 11.3. The molecule has 0 atom stereocenters. The van der Waals surface area contributed by atoms with Crippen LogP contribution in [0.2, 0.25) is 0 Å². The minimum atomic E-state index is -2.76. The fraction of sp³-hybridized carbons (Fsp3) is 0.727. The molecular weight excluding hydrogens is 258 g/mol. The number of thiazole rings is 1. The van der Waals surface area contributed by atoms with Crippen molar-refractivity contribution in [3.63, 3.8) is 0 Å². The highest BCUT2D eigenvalue weighted by Crippen LogP contribution is 2.24. The zero-order chi connectivity index (χ0) is 12.3. The third-order valence-electron chi connectivity index (χ3n) is 3.10. The number of hydrogen-bond acceptors (Lipinski definition) is 5. The molecule has 1 aliphatic heterocycles. The van der Waals surface area contributed by atoms with Gasteiger partial charge >= 0.3 is 0 Å². The van der Waals surface area contributed by atoms with E-state index in [9.17, 15) is 8.42 Å². The van der Waals surface area contributed by atoms with E-state index in [2.05, 4.69) is 4.98 Å². The molecule has 0 bridgehead atoms. The first-order valence-corrected chi connectivity index (χ1v) is 8.54. The first-order valence-electron chi connectivity index (χ1n) is 5.83. The summed E-state index contributed by atoms with van der Waals surface area (Å²) in [7, 11) is -2.76. The molecule has 17 heavy (non-hydrogen) atoms. The van der Waals surface area contributed by atoms with E-state index in [1.165, 1.54) is 0 Å². The molecule has 0 aromatic carbocycles. The maximum Gasteiger partial charge on any atom is 0.150 e. The lowest BCUT2D eigenvalue weighted by atomic mass is 9.99. The van der Waals surface area contributed by atoms with Gasteiger partial charge in [0.25, 0.3) is 0 Å². The minimum Gasteiger partial charge on any atom is -0.396 e. The summed E-state index contributed by atoms with van der Waals surface area (Å²) in [4.78, 5) is 4.44. The maximum atomic E-state index is 11.3. The Morgan fingerprint density at radius 2 is 2.12 bits per heavy atom. The normalized spacial score (nSPS) is 20.5. The van der Waals surface area contributed by atoms with Crippen molar-refractivity contribution in [1.82, 2.24) is 4.98 Å². The summed E-state index contributed by atoms with van der Waals surface area (Å²) in [6.07, 6.45) is 3.01. The Morgan fingerprint density at radius 1 is 1.41 bits per heavy atom. The van der Waals surface area contributed by atoms with Crippen molar-refractivity contribution >= 4 is 21.2 Å². The van der Waals surface area contributed by atoms with Crippen LogP contribution in [0.4, 0.5) is 0 Å². The summed E-state index contributed by atoms with van der Waals surface area (Å²) in [5, 5.41) is 11.9. The molecule has 0 aliphatic carbocycles. The fourth-order valence-corrected chi connectivity index (χ4v) is 4.60. The summed E-state index contributed by atoms with van der Waals surface area (Å²) in [5.41, 5.74) is 0.941. The molecule has 0 spiro atoms. The largest absolute Gasteiger partial charge is 0.396 e. The average Bonchev–Trinajstić information content (AvgIpc) is 2.70. The molecule has 1 aliphatic rings. The standard InChI is InChI=1S/C11H17NO3S2/c13-4-1-10-8-16-11(12-10)7-9-2-5-17(14,15)6-3-9/h8-9,13H,1-7H2. The van der Waals surface area contributed by atoms with Crippen molar-refractivity contribution in [3.8, 4) is 0 Å². The molecule has 1 aromatic heterocycles. The number of rotatable bonds is 4. The fourth-order valence-electron chi connectivity index (χ4n) is 2.06. The van der Waals surface area contributed by atoms with Crippen LogP contribution in [-0.4, -0.2) is 36.6 Å². The first-order chi connectivity index (χ1) is 8.09. The molecule has 1 saturated heterocycles. The Hall–Kier alpha value is -0.460. The third-order valence-corrected chi connectivity index (χ3v) is 5.74. The summed E-state index contributed by atoms with van der Waals surface area (Å²) in [6, 6.07) is 0. The minimum absolute atomic E-state index is 0.130. The molecule has 2 heterocycles. The van der Waals surface area contributed by atoms with Crippen LogP contribution in [-0.2, 0) is 22.7 Å². The van der Waals surface area contributed by atoms with Crippen molar-refractivity contribution in [2.45, 2.75) is 25.7 Å². The van der Waals surface area contributed by atoms with Gasteiger partial charge < -0.3 is 5.11 Å². The van der Waals surface area contributed by atoms with E-state index in [0.717, 1.165) is 30.0 Å². The number of nitrogens with zero attached hydrogens (tertiary/aromatic N) is 1. The Balaban J connectivity index is 1.88. The molecule has 2 rings (SSSR count). The summed E-state index contributed by atoms with van der Waals surface area (Å²) >= 11 is 1.61. The molecule has 0 unspecified atom stereocenters. The maximum absolute atomic E-state index is 11.3. The highest BCUT2D eigenvalue weighted by molar-refractivity contribution is 7.91. The predicted molar refractivity (Wildman–Crippen MR) is 68.0 cm³/mol. The van der Waals surface area contributed by atoms with E-state index in [0.29, 0.717) is 23.8 Å². The van der Waals surface area contributed by atoms with E-state index < -0.39 is 9.84 Å². The first kappa shape index (κ1) is 13.0. The Kier molecular flexibility index (Phi) is 4.17. The second-order valence-electron chi connectivity index (χ2n) is 4.51. The summed E-state index contributed by atoms with van der Waals surface area (Å²) in [5.74, 6) is 1.10. The molecular formula is C11H17NO3S2. The average molecular weight is 275 g/mol. The van der Waals surface area contributed by atoms with Gasteiger partial charge in [-0.1, -0.05) is 0 Å². The van der Waals surface area contributed by atoms with Crippen molar-refractivity contribution < 1.29 is 13.5 Å². The SMILES string of the molecule is O=S1(=O)CCC(Cc2nc(CCO)cs2)CC1. The highest BCUT2D eigenvalue weighted by atomic mass is 32.2. The van der Waals surface area contributed by atoms with E-state index >= 15 is 0 Å². The molecule has 0 saturated carbocycles. The smallest absolute Gasteiger partial charge is 0.150 e. The van der Waals surface area contributed by atoms with E-state index in [4.69, 9.17) is 5.11 Å². The summed E-state index contributed by atoms with van der Waals surface area (Å²) in [6.45, 7) is 0.130. The van der Waals surface area contributed by atoms with Gasteiger partial charge in [0.1, 0.15) is 9.84 Å². The Bertz CT molecular complexity index is 453. The van der Waals surface area contributed by atoms with Crippen LogP contribution in [0.15, 0.2) is 5.38 Å². The van der Waals surface area contributed by atoms with Crippen LogP contribution in [0.5, 0.6) is 0 Å². The van der Waals surface area contributed by atoms with Crippen LogP contribution in [0.3, 0.4) is 0 Å². The Morgan fingerprint density at radius 3 is 2.76 bits per heavy atom. The van der Waals surface area contributed by atoms with Gasteiger partial charge in [-0.3, -0.25) is 0 Å². The quantitative estimate of drug-likeness (QED) is 0.891. The lowest BCUT2D eigenvalue weighted by Gasteiger charge is -2.20. The van der Waals surface area contributed by atoms with Crippen LogP contribution < -0.4 is 0 Å². The number of aliphatic hydroxyl groups is 1. The number of hydrogen-bond donors (Lipinski definition) is 1. The van der Waals surface area contributed by atoms with Gasteiger partial charge in [0.05, 0.1) is 22.2 Å². The molecule has 4 nitrogen and oxygen atoms in total. The molecule has 6 heteroatoms. The Labute approximate surface area is 106 Å².